The summed E-state index contributed by atoms with van der Waals surface area (Å²) in [5.74, 6) is 1.60. The van der Waals surface area contributed by atoms with Crippen LogP contribution in [0.15, 0.2) is 30.4 Å². The van der Waals surface area contributed by atoms with Crippen molar-refractivity contribution in [3.05, 3.63) is 41.7 Å². The van der Waals surface area contributed by atoms with Gasteiger partial charge in [0.15, 0.2) is 0 Å². The molecule has 158 valence electrons. The minimum atomic E-state index is -0.140. The van der Waals surface area contributed by atoms with E-state index in [4.69, 9.17) is 0 Å². The number of anilines is 1. The summed E-state index contributed by atoms with van der Waals surface area (Å²) in [6.45, 7) is 9.32. The van der Waals surface area contributed by atoms with Crippen molar-refractivity contribution in [2.24, 2.45) is 11.8 Å². The van der Waals surface area contributed by atoms with Crippen LogP contribution in [0.4, 0.5) is 10.1 Å². The lowest BCUT2D eigenvalue weighted by Crippen LogP contribution is -2.46. The van der Waals surface area contributed by atoms with E-state index in [-0.39, 0.29) is 11.2 Å². The zero-order valence-electron chi connectivity index (χ0n) is 18.0. The van der Waals surface area contributed by atoms with Crippen LogP contribution in [-0.2, 0) is 10.2 Å². The molecule has 2 heterocycles. The molecular weight excluding hydrogens is 363 g/mol. The number of hydrogen-bond acceptors (Lipinski definition) is 3. The van der Waals surface area contributed by atoms with Crippen molar-refractivity contribution in [1.82, 2.24) is 4.90 Å². The lowest BCUT2D eigenvalue weighted by atomic mass is 9.74. The first-order valence-electron chi connectivity index (χ1n) is 11.5. The molecule has 4 heteroatoms. The quantitative estimate of drug-likeness (QED) is 0.607. The fourth-order valence-electron chi connectivity index (χ4n) is 5.64. The molecule has 0 bridgehead atoms. The smallest absolute Gasteiger partial charge is 0.134 e. The predicted octanol–water partition coefficient (Wildman–Crippen LogP) is 4.95. The Labute approximate surface area is 175 Å². The van der Waals surface area contributed by atoms with Gasteiger partial charge >= 0.3 is 0 Å². The maximum Gasteiger partial charge on any atom is 0.134 e. The molecule has 0 unspecified atom stereocenters. The van der Waals surface area contributed by atoms with E-state index in [1.54, 1.807) is 12.1 Å². The third kappa shape index (κ3) is 4.28. The van der Waals surface area contributed by atoms with E-state index in [0.29, 0.717) is 24.5 Å². The second kappa shape index (κ2) is 8.59. The minimum absolute atomic E-state index is 0.0414. The van der Waals surface area contributed by atoms with Crippen molar-refractivity contribution in [1.29, 1.82) is 0 Å². The largest absolute Gasteiger partial charge is 0.370 e. The van der Waals surface area contributed by atoms with Crippen molar-refractivity contribution in [3.63, 3.8) is 0 Å². The summed E-state index contributed by atoms with van der Waals surface area (Å²) in [5.41, 5.74) is 2.36. The van der Waals surface area contributed by atoms with Crippen LogP contribution in [0.5, 0.6) is 0 Å². The molecular formula is C25H35FN2O. The fourth-order valence-corrected chi connectivity index (χ4v) is 5.64. The molecule has 3 aliphatic rings. The number of nitrogens with zero attached hydrogens (tertiary/aromatic N) is 2. The Kier molecular flexibility index (Phi) is 6.10. The summed E-state index contributed by atoms with van der Waals surface area (Å²) in [4.78, 5) is 16.8. The topological polar surface area (TPSA) is 23.6 Å². The molecule has 1 fully saturated rings. The van der Waals surface area contributed by atoms with Crippen LogP contribution in [0.25, 0.3) is 0 Å². The summed E-state index contributed by atoms with van der Waals surface area (Å²) >= 11 is 0. The second-order valence-electron chi connectivity index (χ2n) is 9.45. The van der Waals surface area contributed by atoms with Crippen molar-refractivity contribution in [2.45, 2.75) is 57.8 Å². The molecule has 0 N–H and O–H groups in total. The summed E-state index contributed by atoms with van der Waals surface area (Å²) in [6, 6.07) is 5.26. The van der Waals surface area contributed by atoms with E-state index in [1.807, 2.05) is 13.0 Å². The second-order valence-corrected chi connectivity index (χ2v) is 9.45. The van der Waals surface area contributed by atoms with Crippen molar-refractivity contribution in [2.75, 3.05) is 37.6 Å². The number of benzene rings is 1. The van der Waals surface area contributed by atoms with E-state index in [0.717, 1.165) is 57.2 Å². The molecule has 0 radical (unpaired) electrons. The van der Waals surface area contributed by atoms with Crippen LogP contribution in [0.3, 0.4) is 0 Å². The van der Waals surface area contributed by atoms with Crippen LogP contribution >= 0.6 is 0 Å². The molecule has 1 aromatic carbocycles. The van der Waals surface area contributed by atoms with Gasteiger partial charge in [-0.1, -0.05) is 26.0 Å². The van der Waals surface area contributed by atoms with Crippen molar-refractivity contribution >= 4 is 11.5 Å². The van der Waals surface area contributed by atoms with E-state index in [9.17, 15) is 9.18 Å². The fraction of sp³-hybridized carbons (Fsp3) is 0.640. The molecule has 3 nitrogen and oxygen atoms in total. The molecule has 1 spiro atoms. The van der Waals surface area contributed by atoms with E-state index >= 15 is 0 Å². The third-order valence-corrected chi connectivity index (χ3v) is 7.56. The lowest BCUT2D eigenvalue weighted by Gasteiger charge is -2.41. The van der Waals surface area contributed by atoms with Gasteiger partial charge in [-0.05, 0) is 74.4 Å². The van der Waals surface area contributed by atoms with E-state index in [1.165, 1.54) is 18.4 Å². The van der Waals surface area contributed by atoms with Gasteiger partial charge in [-0.3, -0.25) is 4.79 Å². The molecule has 2 aliphatic heterocycles. The SMILES string of the molecule is CCC(=O)CCN1CC2(CCN(C[C@H](C)[C@H]3C=CCC3)CC2)c2cc(F)ccc21. The van der Waals surface area contributed by atoms with Gasteiger partial charge in [0.25, 0.3) is 0 Å². The van der Waals surface area contributed by atoms with Gasteiger partial charge in [-0.2, -0.15) is 0 Å². The molecule has 0 saturated carbocycles. The number of halogens is 1. The van der Waals surface area contributed by atoms with Gasteiger partial charge in [0.2, 0.25) is 0 Å². The minimum Gasteiger partial charge on any atom is -0.370 e. The van der Waals surface area contributed by atoms with E-state index in [2.05, 4.69) is 28.9 Å². The molecule has 0 amide bonds. The Balaban J connectivity index is 1.43. The number of hydrogen-bond donors (Lipinski definition) is 0. The third-order valence-electron chi connectivity index (χ3n) is 7.56. The number of piperidine rings is 1. The van der Waals surface area contributed by atoms with Crippen LogP contribution < -0.4 is 4.90 Å². The molecule has 1 aromatic rings. The first-order valence-corrected chi connectivity index (χ1v) is 11.5. The zero-order chi connectivity index (χ0) is 20.4. The van der Waals surface area contributed by atoms with Crippen LogP contribution in [0, 0.1) is 17.7 Å². The monoisotopic (exact) mass is 398 g/mol. The number of carbonyl (C=O) groups is 1. The number of Topliss-reactive ketones (excluding diaryl/α,β-unsaturated/α-hetero) is 1. The standard InChI is InChI=1S/C25H35FN2O/c1-3-22(29)10-13-28-18-25(23-16-21(26)8-9-24(23)28)11-14-27(15-12-25)17-19(2)20-6-4-5-7-20/h4,6,8-9,16,19-20H,3,5,7,10-15,17-18H2,1-2H3/t19-,20-/m0/s1. The van der Waals surface area contributed by atoms with Gasteiger partial charge in [0.1, 0.15) is 11.6 Å². The predicted molar refractivity (Wildman–Crippen MR) is 117 cm³/mol. The van der Waals surface area contributed by atoms with Crippen molar-refractivity contribution in [3.8, 4) is 0 Å². The highest BCUT2D eigenvalue weighted by molar-refractivity contribution is 5.79. The van der Waals surface area contributed by atoms with Gasteiger partial charge in [-0.25, -0.2) is 4.39 Å². The molecule has 0 aromatic heterocycles. The number of likely N-dealkylation sites (tertiary alicyclic amines) is 1. The average Bonchev–Trinajstić information content (AvgIpc) is 3.36. The summed E-state index contributed by atoms with van der Waals surface area (Å²) in [5, 5.41) is 0. The number of ketones is 1. The summed E-state index contributed by atoms with van der Waals surface area (Å²) in [7, 11) is 0. The molecule has 4 rings (SSSR count). The molecule has 1 saturated heterocycles. The molecule has 2 atom stereocenters. The van der Waals surface area contributed by atoms with E-state index < -0.39 is 0 Å². The van der Waals surface area contributed by atoms with Crippen molar-refractivity contribution < 1.29 is 9.18 Å². The Morgan fingerprint density at radius 2 is 2.10 bits per heavy atom. The van der Waals surface area contributed by atoms with Crippen LogP contribution in [-0.4, -0.2) is 43.4 Å². The van der Waals surface area contributed by atoms with Gasteiger partial charge < -0.3 is 9.80 Å². The Hall–Kier alpha value is -1.68. The van der Waals surface area contributed by atoms with Gasteiger partial charge in [0.05, 0.1) is 0 Å². The number of rotatable bonds is 7. The molecule has 29 heavy (non-hydrogen) atoms. The Morgan fingerprint density at radius 3 is 2.79 bits per heavy atom. The van der Waals surface area contributed by atoms with Gasteiger partial charge in [0, 0.05) is 43.6 Å². The number of fused-ring (bicyclic) bond motifs is 2. The average molecular weight is 399 g/mol. The number of allylic oxidation sites excluding steroid dienone is 2. The maximum atomic E-state index is 14.1. The number of carbonyl (C=O) groups excluding carboxylic acids is 1. The van der Waals surface area contributed by atoms with Crippen LogP contribution in [0.1, 0.15) is 57.9 Å². The summed E-state index contributed by atoms with van der Waals surface area (Å²) < 4.78 is 14.1. The highest BCUT2D eigenvalue weighted by Gasteiger charge is 2.44. The summed E-state index contributed by atoms with van der Waals surface area (Å²) in [6.07, 6.45) is 10.6. The van der Waals surface area contributed by atoms with Crippen LogP contribution in [0.2, 0.25) is 0 Å². The highest BCUT2D eigenvalue weighted by Crippen LogP contribution is 2.47. The maximum absolute atomic E-state index is 14.1. The molecule has 1 aliphatic carbocycles. The Morgan fingerprint density at radius 1 is 1.31 bits per heavy atom. The zero-order valence-corrected chi connectivity index (χ0v) is 18.0. The highest BCUT2D eigenvalue weighted by atomic mass is 19.1. The van der Waals surface area contributed by atoms with Gasteiger partial charge in [-0.15, -0.1) is 0 Å². The lowest BCUT2D eigenvalue weighted by molar-refractivity contribution is -0.118. The first-order chi connectivity index (χ1) is 14.0. The first kappa shape index (κ1) is 20.6. The normalized spacial score (nSPS) is 24.2. The Bertz CT molecular complexity index is 766.